The number of para-hydroxylation sites is 1. The first-order chi connectivity index (χ1) is 17.2. The molecule has 0 amide bonds. The maximum Gasteiger partial charge on any atom is 0.315 e. The second kappa shape index (κ2) is 11.0. The molecule has 0 bridgehead atoms. The third kappa shape index (κ3) is 5.57. The lowest BCUT2D eigenvalue weighted by molar-refractivity contribution is -0.147. The largest absolute Gasteiger partial charge is 0.491 e. The summed E-state index contributed by atoms with van der Waals surface area (Å²) in [7, 11) is 0. The summed E-state index contributed by atoms with van der Waals surface area (Å²) >= 11 is 6.08. The Morgan fingerprint density at radius 3 is 2.42 bits per heavy atom. The van der Waals surface area contributed by atoms with Gasteiger partial charge in [-0.05, 0) is 62.8 Å². The number of halogens is 1. The summed E-state index contributed by atoms with van der Waals surface area (Å²) in [5.41, 5.74) is 3.90. The van der Waals surface area contributed by atoms with Gasteiger partial charge in [0.1, 0.15) is 11.7 Å². The topological polar surface area (TPSA) is 65.0 Å². The molecule has 0 N–H and O–H groups in total. The smallest absolute Gasteiger partial charge is 0.315 e. The number of allylic oxidation sites excluding steroid dienone is 2. The zero-order chi connectivity index (χ0) is 26.0. The summed E-state index contributed by atoms with van der Waals surface area (Å²) in [5.74, 6) is -0.644. The lowest BCUT2D eigenvalue weighted by Gasteiger charge is -2.37. The van der Waals surface area contributed by atoms with Crippen LogP contribution >= 0.6 is 11.6 Å². The van der Waals surface area contributed by atoms with E-state index in [1.54, 1.807) is 0 Å². The third-order valence-corrected chi connectivity index (χ3v) is 6.91. The Labute approximate surface area is 218 Å². The van der Waals surface area contributed by atoms with E-state index in [2.05, 4.69) is 0 Å². The molecule has 2 aliphatic rings. The maximum absolute atomic E-state index is 13.8. The van der Waals surface area contributed by atoms with Crippen LogP contribution in [-0.2, 0) is 14.3 Å². The average Bonchev–Trinajstić information content (AvgIpc) is 2.82. The van der Waals surface area contributed by atoms with Crippen LogP contribution in [0.15, 0.2) is 64.8 Å². The van der Waals surface area contributed by atoms with Crippen LogP contribution in [0, 0.1) is 11.8 Å². The van der Waals surface area contributed by atoms with Gasteiger partial charge in [0.15, 0.2) is 5.78 Å². The molecule has 2 aromatic carbocycles. The molecule has 2 aromatic rings. The van der Waals surface area contributed by atoms with Gasteiger partial charge < -0.3 is 9.47 Å². The van der Waals surface area contributed by atoms with E-state index in [0.717, 1.165) is 16.8 Å². The Hall–Kier alpha value is -2.92. The van der Waals surface area contributed by atoms with Gasteiger partial charge in [0, 0.05) is 39.9 Å². The molecule has 190 valence electrons. The number of carbonyl (C=O) groups excluding carboxylic acids is 2. The van der Waals surface area contributed by atoms with Crippen molar-refractivity contribution in [2.75, 3.05) is 6.61 Å². The van der Waals surface area contributed by atoms with Crippen molar-refractivity contribution in [3.8, 4) is 5.75 Å². The number of hydrogen-bond donors (Lipinski definition) is 0. The van der Waals surface area contributed by atoms with Gasteiger partial charge in [-0.15, -0.1) is 0 Å². The average molecular weight is 508 g/mol. The Morgan fingerprint density at radius 1 is 1.06 bits per heavy atom. The third-order valence-electron chi connectivity index (χ3n) is 6.66. The number of aliphatic imine (C=N–C) groups is 1. The zero-order valence-corrected chi connectivity index (χ0v) is 22.3. The number of esters is 1. The predicted octanol–water partition coefficient (Wildman–Crippen LogP) is 6.90. The van der Waals surface area contributed by atoms with E-state index in [-0.39, 0.29) is 29.7 Å². The first-order valence-corrected chi connectivity index (χ1v) is 13.0. The van der Waals surface area contributed by atoms with Crippen LogP contribution in [-0.4, -0.2) is 30.2 Å². The number of ketones is 1. The van der Waals surface area contributed by atoms with Crippen molar-refractivity contribution < 1.29 is 19.1 Å². The van der Waals surface area contributed by atoms with Crippen molar-refractivity contribution >= 4 is 29.1 Å². The minimum absolute atomic E-state index is 0.0114. The molecule has 3 unspecified atom stereocenters. The van der Waals surface area contributed by atoms with Gasteiger partial charge in [-0.25, -0.2) is 0 Å². The molecule has 3 atom stereocenters. The van der Waals surface area contributed by atoms with E-state index < -0.39 is 11.8 Å². The fourth-order valence-electron chi connectivity index (χ4n) is 5.11. The van der Waals surface area contributed by atoms with Crippen LogP contribution < -0.4 is 4.74 Å². The lowest BCUT2D eigenvalue weighted by Crippen LogP contribution is -2.38. The van der Waals surface area contributed by atoms with Crippen molar-refractivity contribution in [2.45, 2.75) is 65.4 Å². The fourth-order valence-corrected chi connectivity index (χ4v) is 5.23. The fraction of sp³-hybridized carbons (Fsp3) is 0.433. The van der Waals surface area contributed by atoms with Gasteiger partial charge in [-0.1, -0.05) is 55.8 Å². The van der Waals surface area contributed by atoms with Crippen LogP contribution in [0.2, 0.25) is 5.02 Å². The van der Waals surface area contributed by atoms with Crippen LogP contribution in [0.25, 0.3) is 0 Å². The highest BCUT2D eigenvalue weighted by molar-refractivity contribution is 6.30. The molecule has 0 saturated heterocycles. The molecule has 0 aromatic heterocycles. The molecule has 1 aliphatic heterocycles. The van der Waals surface area contributed by atoms with Gasteiger partial charge >= 0.3 is 5.97 Å². The number of hydrogen-bond acceptors (Lipinski definition) is 5. The summed E-state index contributed by atoms with van der Waals surface area (Å²) < 4.78 is 11.8. The SMILES string of the molecule is CC1=NC2=C(C(=O)CC(c3ccc(Cl)cc3)C2)C(c2ccccc2OC(C)C)C1C(=O)OCC(C)C. The van der Waals surface area contributed by atoms with Gasteiger partial charge in [0.05, 0.1) is 12.7 Å². The quantitative estimate of drug-likeness (QED) is 0.382. The lowest BCUT2D eigenvalue weighted by atomic mass is 9.69. The summed E-state index contributed by atoms with van der Waals surface area (Å²) in [4.78, 5) is 32.1. The highest BCUT2D eigenvalue weighted by Crippen LogP contribution is 2.48. The molecule has 36 heavy (non-hydrogen) atoms. The molecular weight excluding hydrogens is 474 g/mol. The minimum Gasteiger partial charge on any atom is -0.491 e. The van der Waals surface area contributed by atoms with Crippen molar-refractivity contribution in [2.24, 2.45) is 16.8 Å². The van der Waals surface area contributed by atoms with Gasteiger partial charge in [0.25, 0.3) is 0 Å². The number of rotatable bonds is 7. The molecule has 0 spiro atoms. The molecule has 4 rings (SSSR count). The zero-order valence-electron chi connectivity index (χ0n) is 21.6. The molecule has 6 heteroatoms. The van der Waals surface area contributed by atoms with E-state index in [0.29, 0.717) is 41.5 Å². The number of Topliss-reactive ketones (excluding diaryl/α,β-unsaturated/α-hetero) is 1. The molecule has 1 aliphatic carbocycles. The Kier molecular flexibility index (Phi) is 7.99. The van der Waals surface area contributed by atoms with Gasteiger partial charge in [-0.2, -0.15) is 0 Å². The standard InChI is InChI=1S/C30H34ClNO4/c1-17(2)16-35-30(34)27-19(5)32-24-14-21(20-10-12-22(31)13-11-20)15-25(33)29(24)28(27)23-8-6-7-9-26(23)36-18(3)4/h6-13,17-18,21,27-28H,14-16H2,1-5H3. The van der Waals surface area contributed by atoms with Crippen LogP contribution in [0.1, 0.15) is 70.4 Å². The second-order valence-corrected chi connectivity index (χ2v) is 10.8. The van der Waals surface area contributed by atoms with Crippen molar-refractivity contribution in [1.29, 1.82) is 0 Å². The molecule has 0 fully saturated rings. The van der Waals surface area contributed by atoms with Crippen molar-refractivity contribution in [1.82, 2.24) is 0 Å². The van der Waals surface area contributed by atoms with Crippen molar-refractivity contribution in [3.05, 3.63) is 76.0 Å². The van der Waals surface area contributed by atoms with Crippen LogP contribution in [0.4, 0.5) is 0 Å². The number of carbonyl (C=O) groups is 2. The molecular formula is C30H34ClNO4. The van der Waals surface area contributed by atoms with E-state index in [9.17, 15) is 9.59 Å². The Balaban J connectivity index is 1.80. The normalized spacial score (nSPS) is 21.9. The summed E-state index contributed by atoms with van der Waals surface area (Å²) in [5, 5.41) is 0.664. The summed E-state index contributed by atoms with van der Waals surface area (Å²) in [6.45, 7) is 10.1. The second-order valence-electron chi connectivity index (χ2n) is 10.4. The monoisotopic (exact) mass is 507 g/mol. The number of nitrogens with zero attached hydrogens (tertiary/aromatic N) is 1. The summed E-state index contributed by atoms with van der Waals surface area (Å²) in [6.07, 6.45) is 0.921. The number of ether oxygens (including phenoxy) is 2. The van der Waals surface area contributed by atoms with E-state index in [4.69, 9.17) is 26.1 Å². The highest BCUT2D eigenvalue weighted by atomic mass is 35.5. The highest BCUT2D eigenvalue weighted by Gasteiger charge is 2.45. The first kappa shape index (κ1) is 26.2. The van der Waals surface area contributed by atoms with E-state index in [1.807, 2.05) is 83.1 Å². The Bertz CT molecular complexity index is 1200. The molecule has 0 saturated carbocycles. The van der Waals surface area contributed by atoms with E-state index >= 15 is 0 Å². The van der Waals surface area contributed by atoms with Crippen LogP contribution in [0.5, 0.6) is 5.75 Å². The van der Waals surface area contributed by atoms with Gasteiger partial charge in [-0.3, -0.25) is 14.6 Å². The van der Waals surface area contributed by atoms with Crippen LogP contribution in [0.3, 0.4) is 0 Å². The first-order valence-electron chi connectivity index (χ1n) is 12.6. The van der Waals surface area contributed by atoms with Gasteiger partial charge in [0.2, 0.25) is 0 Å². The maximum atomic E-state index is 13.8. The predicted molar refractivity (Wildman–Crippen MR) is 143 cm³/mol. The minimum atomic E-state index is -0.685. The summed E-state index contributed by atoms with van der Waals surface area (Å²) in [6, 6.07) is 15.3. The molecule has 0 radical (unpaired) electrons. The Morgan fingerprint density at radius 2 is 1.75 bits per heavy atom. The molecule has 1 heterocycles. The molecule has 5 nitrogen and oxygen atoms in total. The van der Waals surface area contributed by atoms with Crippen molar-refractivity contribution in [3.63, 3.8) is 0 Å². The van der Waals surface area contributed by atoms with E-state index in [1.165, 1.54) is 0 Å². The number of benzene rings is 2.